The average molecular weight is 375 g/mol. The molecule has 7 heteroatoms. The van der Waals surface area contributed by atoms with Gasteiger partial charge in [0.2, 0.25) is 5.91 Å². The predicted molar refractivity (Wildman–Crippen MR) is 106 cm³/mol. The maximum Gasteiger partial charge on any atom is 0.245 e. The first kappa shape index (κ1) is 19.5. The molecule has 1 amide bonds. The zero-order valence-corrected chi connectivity index (χ0v) is 15.2. The van der Waals surface area contributed by atoms with E-state index in [0.717, 1.165) is 25.9 Å². The number of rotatable bonds is 3. The second-order valence-corrected chi connectivity index (χ2v) is 6.22. The summed E-state index contributed by atoms with van der Waals surface area (Å²) >= 11 is 5.94. The fraction of sp³-hybridized carbons (Fsp3) is 0.211. The van der Waals surface area contributed by atoms with Crippen molar-refractivity contribution in [2.45, 2.75) is 12.8 Å². The van der Waals surface area contributed by atoms with Gasteiger partial charge in [0, 0.05) is 36.1 Å². The van der Waals surface area contributed by atoms with Crippen LogP contribution in [0.4, 0.5) is 5.82 Å². The number of aromatic amines is 1. The fourth-order valence-electron chi connectivity index (χ4n) is 2.59. The number of carbonyl (C=O) groups excluding carboxylic acids is 1. The molecule has 0 atom stereocenters. The van der Waals surface area contributed by atoms with E-state index in [-0.39, 0.29) is 11.7 Å². The Kier molecular flexibility index (Phi) is 6.74. The SMILES string of the molecule is C=CC(=O)N1CCCC1.N/C(=C\c1c(Cl)c[nH]c1N)c1ccccc1O. The molecule has 0 spiro atoms. The van der Waals surface area contributed by atoms with Crippen LogP contribution in [0.5, 0.6) is 5.75 Å². The highest BCUT2D eigenvalue weighted by Gasteiger charge is 2.14. The van der Waals surface area contributed by atoms with Crippen LogP contribution in [0.2, 0.25) is 5.02 Å². The van der Waals surface area contributed by atoms with Crippen LogP contribution in [0.3, 0.4) is 0 Å². The Balaban J connectivity index is 0.000000228. The number of likely N-dealkylation sites (tertiary alicyclic amines) is 1. The summed E-state index contributed by atoms with van der Waals surface area (Å²) in [6.07, 6.45) is 6.90. The van der Waals surface area contributed by atoms with E-state index in [2.05, 4.69) is 11.6 Å². The highest BCUT2D eigenvalue weighted by Crippen LogP contribution is 2.28. The number of nitrogens with one attached hydrogen (secondary N) is 1. The molecule has 0 aliphatic carbocycles. The Morgan fingerprint density at radius 2 is 1.96 bits per heavy atom. The Morgan fingerprint density at radius 3 is 2.50 bits per heavy atom. The van der Waals surface area contributed by atoms with Crippen molar-refractivity contribution in [2.75, 3.05) is 18.8 Å². The van der Waals surface area contributed by atoms with Crippen LogP contribution in [0.15, 0.2) is 43.1 Å². The lowest BCUT2D eigenvalue weighted by atomic mass is 10.1. The number of carbonyl (C=O) groups is 1. The topological polar surface area (TPSA) is 108 Å². The second kappa shape index (κ2) is 9.01. The number of hydrogen-bond donors (Lipinski definition) is 4. The largest absolute Gasteiger partial charge is 0.507 e. The van der Waals surface area contributed by atoms with Crippen molar-refractivity contribution in [3.05, 3.63) is 59.3 Å². The summed E-state index contributed by atoms with van der Waals surface area (Å²) in [4.78, 5) is 15.4. The first-order chi connectivity index (χ1) is 12.4. The van der Waals surface area contributed by atoms with E-state index >= 15 is 0 Å². The van der Waals surface area contributed by atoms with E-state index < -0.39 is 0 Å². The number of halogens is 1. The lowest BCUT2D eigenvalue weighted by Gasteiger charge is -2.10. The van der Waals surface area contributed by atoms with E-state index in [0.29, 0.717) is 27.7 Å². The minimum Gasteiger partial charge on any atom is -0.507 e. The monoisotopic (exact) mass is 374 g/mol. The Bertz CT molecular complexity index is 788. The summed E-state index contributed by atoms with van der Waals surface area (Å²) in [6.45, 7) is 5.26. The number of phenols is 1. The molecule has 1 aliphatic heterocycles. The van der Waals surface area contributed by atoms with E-state index in [9.17, 15) is 9.90 Å². The molecule has 0 bridgehead atoms. The van der Waals surface area contributed by atoms with Crippen LogP contribution in [-0.4, -0.2) is 34.0 Å². The van der Waals surface area contributed by atoms with E-state index in [1.807, 2.05) is 4.90 Å². The summed E-state index contributed by atoms with van der Waals surface area (Å²) < 4.78 is 0. The van der Waals surface area contributed by atoms with Crippen molar-refractivity contribution in [2.24, 2.45) is 5.73 Å². The first-order valence-corrected chi connectivity index (χ1v) is 8.61. The molecule has 1 aromatic heterocycles. The van der Waals surface area contributed by atoms with Crippen molar-refractivity contribution < 1.29 is 9.90 Å². The van der Waals surface area contributed by atoms with Crippen LogP contribution < -0.4 is 11.5 Å². The number of aromatic hydroxyl groups is 1. The lowest BCUT2D eigenvalue weighted by molar-refractivity contribution is -0.124. The second-order valence-electron chi connectivity index (χ2n) is 5.82. The van der Waals surface area contributed by atoms with Crippen molar-refractivity contribution in [1.82, 2.24) is 9.88 Å². The molecule has 1 saturated heterocycles. The summed E-state index contributed by atoms with van der Waals surface area (Å²) in [6, 6.07) is 6.80. The van der Waals surface area contributed by atoms with Crippen LogP contribution in [0, 0.1) is 0 Å². The third kappa shape index (κ3) is 4.83. The fourth-order valence-corrected chi connectivity index (χ4v) is 2.80. The van der Waals surface area contributed by atoms with Crippen LogP contribution in [-0.2, 0) is 4.79 Å². The zero-order chi connectivity index (χ0) is 19.1. The van der Waals surface area contributed by atoms with Gasteiger partial charge in [0.25, 0.3) is 0 Å². The van der Waals surface area contributed by atoms with Gasteiger partial charge >= 0.3 is 0 Å². The molecule has 0 radical (unpaired) electrons. The first-order valence-electron chi connectivity index (χ1n) is 8.23. The van der Waals surface area contributed by atoms with Crippen LogP contribution in [0.25, 0.3) is 11.8 Å². The quantitative estimate of drug-likeness (QED) is 0.618. The molecule has 1 fully saturated rings. The smallest absolute Gasteiger partial charge is 0.245 e. The third-order valence-electron chi connectivity index (χ3n) is 4.01. The van der Waals surface area contributed by atoms with Crippen LogP contribution >= 0.6 is 11.6 Å². The molecule has 2 heterocycles. The molecular formula is C19H23ClN4O2. The number of amides is 1. The number of H-pyrrole nitrogens is 1. The number of para-hydroxylation sites is 1. The van der Waals surface area contributed by atoms with Gasteiger partial charge in [0.15, 0.2) is 0 Å². The minimum absolute atomic E-state index is 0.0764. The van der Waals surface area contributed by atoms with Gasteiger partial charge in [0.1, 0.15) is 11.6 Å². The summed E-state index contributed by atoms with van der Waals surface area (Å²) in [5.41, 5.74) is 13.2. The molecule has 6 N–H and O–H groups in total. The number of anilines is 1. The number of nitrogen functional groups attached to an aromatic ring is 1. The van der Waals surface area contributed by atoms with Crippen molar-refractivity contribution >= 4 is 35.1 Å². The van der Waals surface area contributed by atoms with Gasteiger partial charge in [-0.15, -0.1) is 0 Å². The van der Waals surface area contributed by atoms with Crippen molar-refractivity contribution in [3.63, 3.8) is 0 Å². The van der Waals surface area contributed by atoms with Crippen molar-refractivity contribution in [1.29, 1.82) is 0 Å². The number of nitrogens with zero attached hydrogens (tertiary/aromatic N) is 1. The molecule has 2 aromatic rings. The number of hydrogen-bond acceptors (Lipinski definition) is 4. The molecule has 1 aromatic carbocycles. The molecule has 26 heavy (non-hydrogen) atoms. The van der Waals surface area contributed by atoms with Gasteiger partial charge in [-0.3, -0.25) is 4.79 Å². The van der Waals surface area contributed by atoms with Crippen molar-refractivity contribution in [3.8, 4) is 5.75 Å². The number of aromatic nitrogens is 1. The maximum absolute atomic E-state index is 10.8. The van der Waals surface area contributed by atoms with E-state index in [1.54, 1.807) is 36.5 Å². The van der Waals surface area contributed by atoms with Gasteiger partial charge in [-0.1, -0.05) is 30.3 Å². The zero-order valence-electron chi connectivity index (χ0n) is 14.4. The molecule has 3 rings (SSSR count). The highest BCUT2D eigenvalue weighted by molar-refractivity contribution is 6.32. The van der Waals surface area contributed by atoms with Gasteiger partial charge in [-0.2, -0.15) is 0 Å². The van der Waals surface area contributed by atoms with Crippen LogP contribution in [0.1, 0.15) is 24.0 Å². The van der Waals surface area contributed by atoms with Gasteiger partial charge in [-0.05, 0) is 37.1 Å². The normalized spacial score (nSPS) is 13.9. The predicted octanol–water partition coefficient (Wildman–Crippen LogP) is 3.21. The molecule has 1 aliphatic rings. The average Bonchev–Trinajstić information content (AvgIpc) is 3.28. The standard InChI is InChI=1S/C12H12ClN3O.C7H11NO/c13-9-6-16-12(15)8(9)5-10(14)7-3-1-2-4-11(7)17;1-2-7(9)8-5-3-4-6-8/h1-6,16-17H,14-15H2;2H,1,3-6H2/b10-5-;. The van der Waals surface area contributed by atoms with E-state index in [1.165, 1.54) is 6.08 Å². The Morgan fingerprint density at radius 1 is 1.31 bits per heavy atom. The maximum atomic E-state index is 10.8. The minimum atomic E-state index is 0.0764. The molecular weight excluding hydrogens is 352 g/mol. The van der Waals surface area contributed by atoms with Gasteiger partial charge in [-0.25, -0.2) is 0 Å². The third-order valence-corrected chi connectivity index (χ3v) is 4.32. The summed E-state index contributed by atoms with van der Waals surface area (Å²) in [5, 5.41) is 10.1. The summed E-state index contributed by atoms with van der Waals surface area (Å²) in [7, 11) is 0. The molecule has 0 saturated carbocycles. The Labute approximate surface area is 157 Å². The van der Waals surface area contributed by atoms with Gasteiger partial charge in [0.05, 0.1) is 5.02 Å². The number of phenolic OH excluding ortho intramolecular Hbond substituents is 1. The Hall–Kier alpha value is -2.86. The molecule has 6 nitrogen and oxygen atoms in total. The summed E-state index contributed by atoms with van der Waals surface area (Å²) in [5.74, 6) is 0.632. The van der Waals surface area contributed by atoms with E-state index in [4.69, 9.17) is 23.1 Å². The highest BCUT2D eigenvalue weighted by atomic mass is 35.5. The number of benzene rings is 1. The lowest BCUT2D eigenvalue weighted by Crippen LogP contribution is -2.25. The number of nitrogens with two attached hydrogens (primary N) is 2. The molecule has 138 valence electrons. The van der Waals surface area contributed by atoms with Gasteiger partial charge < -0.3 is 26.5 Å². The molecule has 0 unspecified atom stereocenters.